The number of rotatable bonds is 1. The van der Waals surface area contributed by atoms with Crippen LogP contribution in [0, 0.1) is 12.8 Å². The average molecular weight is 222 g/mol. The van der Waals surface area contributed by atoms with Crippen LogP contribution in [0.25, 0.3) is 0 Å². The first kappa shape index (κ1) is 10.6. The molecule has 0 aliphatic carbocycles. The molecule has 1 unspecified atom stereocenters. The van der Waals surface area contributed by atoms with Gasteiger partial charge in [0.2, 0.25) is 0 Å². The Morgan fingerprint density at radius 3 is 3.07 bits per heavy atom. The second-order valence-corrected chi connectivity index (χ2v) is 5.04. The molecule has 0 amide bonds. The highest BCUT2D eigenvalue weighted by molar-refractivity contribution is 7.99. The lowest BCUT2D eigenvalue weighted by atomic mass is 9.96. The molecule has 1 aliphatic rings. The van der Waals surface area contributed by atoms with E-state index in [2.05, 4.69) is 19.1 Å². The second-order valence-electron chi connectivity index (χ2n) is 3.94. The van der Waals surface area contributed by atoms with E-state index in [-0.39, 0.29) is 5.92 Å². The van der Waals surface area contributed by atoms with Gasteiger partial charge in [0.1, 0.15) is 0 Å². The van der Waals surface area contributed by atoms with Crippen molar-refractivity contribution in [1.29, 1.82) is 0 Å². The van der Waals surface area contributed by atoms with Crippen molar-refractivity contribution in [2.45, 2.75) is 24.7 Å². The van der Waals surface area contributed by atoms with Crippen LogP contribution in [-0.4, -0.2) is 16.8 Å². The minimum Gasteiger partial charge on any atom is -0.481 e. The van der Waals surface area contributed by atoms with Crippen molar-refractivity contribution in [3.05, 3.63) is 29.3 Å². The smallest absolute Gasteiger partial charge is 0.306 e. The molecule has 15 heavy (non-hydrogen) atoms. The Labute approximate surface area is 93.7 Å². The lowest BCUT2D eigenvalue weighted by Gasteiger charge is -2.09. The van der Waals surface area contributed by atoms with Gasteiger partial charge in [-0.3, -0.25) is 4.79 Å². The van der Waals surface area contributed by atoms with Crippen molar-refractivity contribution in [3.63, 3.8) is 0 Å². The lowest BCUT2D eigenvalue weighted by molar-refractivity contribution is -0.141. The molecule has 0 fully saturated rings. The Hall–Kier alpha value is -0.960. The fourth-order valence-corrected chi connectivity index (χ4v) is 3.20. The van der Waals surface area contributed by atoms with Gasteiger partial charge in [0, 0.05) is 4.90 Å². The van der Waals surface area contributed by atoms with E-state index in [9.17, 15) is 4.79 Å². The summed E-state index contributed by atoms with van der Waals surface area (Å²) in [6.45, 7) is 2.09. The number of aliphatic carboxylic acids is 1. The number of hydrogen-bond donors (Lipinski definition) is 1. The first-order valence-electron chi connectivity index (χ1n) is 5.12. The van der Waals surface area contributed by atoms with E-state index in [0.717, 1.165) is 12.2 Å². The van der Waals surface area contributed by atoms with Gasteiger partial charge < -0.3 is 5.11 Å². The number of benzene rings is 1. The summed E-state index contributed by atoms with van der Waals surface area (Å²) in [5, 5.41) is 9.05. The molecular formula is C12H14O2S. The van der Waals surface area contributed by atoms with E-state index in [4.69, 9.17) is 5.11 Å². The van der Waals surface area contributed by atoms with Gasteiger partial charge in [-0.05, 0) is 36.6 Å². The number of carboxylic acids is 1. The third kappa shape index (κ3) is 2.17. The second kappa shape index (κ2) is 4.27. The summed E-state index contributed by atoms with van der Waals surface area (Å²) < 4.78 is 0. The number of hydrogen-bond acceptors (Lipinski definition) is 2. The average Bonchev–Trinajstić information content (AvgIpc) is 2.40. The number of thioether (sulfide) groups is 1. The van der Waals surface area contributed by atoms with Gasteiger partial charge in [0.25, 0.3) is 0 Å². The molecule has 0 saturated heterocycles. The monoisotopic (exact) mass is 222 g/mol. The highest BCUT2D eigenvalue weighted by Gasteiger charge is 2.23. The standard InChI is InChI=1S/C12H14O2S/c1-8-3-2-4-9-7-10(12(13)14)5-6-15-11(8)9/h2-4,10H,5-7H2,1H3,(H,13,14). The van der Waals surface area contributed by atoms with E-state index >= 15 is 0 Å². The summed E-state index contributed by atoms with van der Waals surface area (Å²) in [6.07, 6.45) is 1.45. The van der Waals surface area contributed by atoms with Crippen molar-refractivity contribution >= 4 is 17.7 Å². The van der Waals surface area contributed by atoms with Crippen molar-refractivity contribution in [1.82, 2.24) is 0 Å². The summed E-state index contributed by atoms with van der Waals surface area (Å²) in [5.41, 5.74) is 2.47. The van der Waals surface area contributed by atoms with Gasteiger partial charge in [-0.15, -0.1) is 11.8 Å². The van der Waals surface area contributed by atoms with Crippen molar-refractivity contribution in [3.8, 4) is 0 Å². The molecule has 3 heteroatoms. The zero-order valence-electron chi connectivity index (χ0n) is 8.69. The van der Waals surface area contributed by atoms with Crippen LogP contribution in [0.5, 0.6) is 0 Å². The number of fused-ring (bicyclic) bond motifs is 1. The Bertz CT molecular complexity index is 387. The van der Waals surface area contributed by atoms with Crippen LogP contribution >= 0.6 is 11.8 Å². The first-order valence-corrected chi connectivity index (χ1v) is 6.11. The fourth-order valence-electron chi connectivity index (χ4n) is 1.96. The number of carbonyl (C=O) groups is 1. The van der Waals surface area contributed by atoms with E-state index in [0.29, 0.717) is 6.42 Å². The predicted octanol–water partition coefficient (Wildman–Crippen LogP) is 2.73. The third-order valence-electron chi connectivity index (χ3n) is 2.82. The molecule has 1 aromatic carbocycles. The number of aryl methyl sites for hydroxylation is 1. The normalized spacial score (nSPS) is 20.5. The van der Waals surface area contributed by atoms with Crippen LogP contribution in [0.2, 0.25) is 0 Å². The van der Waals surface area contributed by atoms with Gasteiger partial charge in [-0.1, -0.05) is 18.2 Å². The third-order valence-corrected chi connectivity index (χ3v) is 4.13. The minimum atomic E-state index is -0.662. The molecule has 0 aromatic heterocycles. The maximum Gasteiger partial charge on any atom is 0.306 e. The molecule has 0 saturated carbocycles. The van der Waals surface area contributed by atoms with E-state index < -0.39 is 5.97 Å². The summed E-state index contributed by atoms with van der Waals surface area (Å²) in [4.78, 5) is 12.3. The van der Waals surface area contributed by atoms with E-state index in [1.165, 1.54) is 16.0 Å². The van der Waals surface area contributed by atoms with Crippen LogP contribution < -0.4 is 0 Å². The number of carboxylic acid groups (broad SMARTS) is 1. The van der Waals surface area contributed by atoms with Crippen LogP contribution in [0.1, 0.15) is 17.5 Å². The Kier molecular flexibility index (Phi) is 3.00. The molecule has 1 heterocycles. The maximum atomic E-state index is 11.0. The van der Waals surface area contributed by atoms with Crippen LogP contribution in [0.4, 0.5) is 0 Å². The summed E-state index contributed by atoms with van der Waals surface area (Å²) in [6, 6.07) is 6.16. The van der Waals surface area contributed by atoms with E-state index in [1.807, 2.05) is 6.07 Å². The molecule has 80 valence electrons. The molecule has 1 aromatic rings. The van der Waals surface area contributed by atoms with E-state index in [1.54, 1.807) is 11.8 Å². The predicted molar refractivity (Wildman–Crippen MR) is 61.3 cm³/mol. The summed E-state index contributed by atoms with van der Waals surface area (Å²) in [7, 11) is 0. The molecular weight excluding hydrogens is 208 g/mol. The Balaban J connectivity index is 2.34. The quantitative estimate of drug-likeness (QED) is 0.794. The Morgan fingerprint density at radius 1 is 1.53 bits per heavy atom. The molecule has 1 N–H and O–H groups in total. The molecule has 1 atom stereocenters. The molecule has 2 nitrogen and oxygen atoms in total. The van der Waals surface area contributed by atoms with Crippen molar-refractivity contribution in [2.24, 2.45) is 5.92 Å². The molecule has 0 spiro atoms. The van der Waals surface area contributed by atoms with Crippen LogP contribution in [0.3, 0.4) is 0 Å². The van der Waals surface area contributed by atoms with Gasteiger partial charge in [0.15, 0.2) is 0 Å². The van der Waals surface area contributed by atoms with Crippen molar-refractivity contribution < 1.29 is 9.90 Å². The zero-order valence-corrected chi connectivity index (χ0v) is 9.51. The van der Waals surface area contributed by atoms with Gasteiger partial charge in [-0.25, -0.2) is 0 Å². The van der Waals surface area contributed by atoms with Crippen LogP contribution in [-0.2, 0) is 11.2 Å². The summed E-state index contributed by atoms with van der Waals surface area (Å²) >= 11 is 1.79. The lowest BCUT2D eigenvalue weighted by Crippen LogP contribution is -2.16. The molecule has 0 bridgehead atoms. The van der Waals surface area contributed by atoms with Crippen molar-refractivity contribution in [2.75, 3.05) is 5.75 Å². The Morgan fingerprint density at radius 2 is 2.33 bits per heavy atom. The SMILES string of the molecule is Cc1cccc2c1SCCC(C(=O)O)C2. The van der Waals surface area contributed by atoms with Crippen LogP contribution in [0.15, 0.2) is 23.1 Å². The fraction of sp³-hybridized carbons (Fsp3) is 0.417. The van der Waals surface area contributed by atoms with Gasteiger partial charge in [0.05, 0.1) is 5.92 Å². The maximum absolute atomic E-state index is 11.0. The molecule has 2 rings (SSSR count). The molecule has 0 radical (unpaired) electrons. The topological polar surface area (TPSA) is 37.3 Å². The van der Waals surface area contributed by atoms with Gasteiger partial charge in [-0.2, -0.15) is 0 Å². The minimum absolute atomic E-state index is 0.208. The van der Waals surface area contributed by atoms with Gasteiger partial charge >= 0.3 is 5.97 Å². The first-order chi connectivity index (χ1) is 7.18. The zero-order chi connectivity index (χ0) is 10.8. The highest BCUT2D eigenvalue weighted by Crippen LogP contribution is 2.33. The summed E-state index contributed by atoms with van der Waals surface area (Å²) in [5.74, 6) is 0.0416. The molecule has 1 aliphatic heterocycles. The largest absolute Gasteiger partial charge is 0.481 e. The highest BCUT2D eigenvalue weighted by atomic mass is 32.2.